The normalized spacial score (nSPS) is 11.1. The number of nitrogens with one attached hydrogen (secondary N) is 2. The van der Waals surface area contributed by atoms with E-state index in [0.717, 1.165) is 5.56 Å². The second-order valence-electron chi connectivity index (χ2n) is 4.89. The standard InChI is InChI=1S/C16H17ClN2O4S/c1-18-24(21,22)15-9-12(6-7-14(15)23-2)16(20)19-10-11-4-3-5-13(17)8-11/h3-9,18H,10H2,1-2H3,(H,19,20). The first-order valence-corrected chi connectivity index (χ1v) is 8.87. The molecule has 8 heteroatoms. The molecule has 6 nitrogen and oxygen atoms in total. The fourth-order valence-electron chi connectivity index (χ4n) is 2.07. The van der Waals surface area contributed by atoms with Gasteiger partial charge in [-0.05, 0) is 42.9 Å². The van der Waals surface area contributed by atoms with Gasteiger partial charge in [-0.1, -0.05) is 23.7 Å². The van der Waals surface area contributed by atoms with E-state index in [2.05, 4.69) is 10.0 Å². The molecule has 0 aliphatic carbocycles. The number of amides is 1. The third kappa shape index (κ3) is 4.25. The van der Waals surface area contributed by atoms with Crippen LogP contribution in [0.25, 0.3) is 0 Å². The summed E-state index contributed by atoms with van der Waals surface area (Å²) in [6.07, 6.45) is 0. The summed E-state index contributed by atoms with van der Waals surface area (Å²) in [4.78, 5) is 12.2. The van der Waals surface area contributed by atoms with Gasteiger partial charge in [-0.3, -0.25) is 4.79 Å². The number of hydrogen-bond donors (Lipinski definition) is 2. The van der Waals surface area contributed by atoms with E-state index in [-0.39, 0.29) is 22.8 Å². The van der Waals surface area contributed by atoms with Crippen LogP contribution >= 0.6 is 11.6 Å². The molecule has 0 aliphatic rings. The monoisotopic (exact) mass is 368 g/mol. The van der Waals surface area contributed by atoms with Crippen molar-refractivity contribution in [2.45, 2.75) is 11.4 Å². The number of ether oxygens (including phenoxy) is 1. The van der Waals surface area contributed by atoms with Gasteiger partial charge >= 0.3 is 0 Å². The van der Waals surface area contributed by atoms with Crippen LogP contribution in [0.2, 0.25) is 5.02 Å². The Morgan fingerprint density at radius 3 is 2.58 bits per heavy atom. The van der Waals surface area contributed by atoms with Gasteiger partial charge in [0, 0.05) is 17.1 Å². The number of sulfonamides is 1. The number of methoxy groups -OCH3 is 1. The average molecular weight is 369 g/mol. The molecule has 0 bridgehead atoms. The highest BCUT2D eigenvalue weighted by molar-refractivity contribution is 7.89. The Kier molecular flexibility index (Phi) is 5.82. The van der Waals surface area contributed by atoms with Crippen LogP contribution in [-0.2, 0) is 16.6 Å². The van der Waals surface area contributed by atoms with Crippen LogP contribution in [0.5, 0.6) is 5.75 Å². The highest BCUT2D eigenvalue weighted by Gasteiger charge is 2.20. The third-order valence-electron chi connectivity index (χ3n) is 3.33. The molecule has 128 valence electrons. The molecule has 2 aromatic carbocycles. The van der Waals surface area contributed by atoms with Crippen LogP contribution in [0.15, 0.2) is 47.4 Å². The molecule has 2 aromatic rings. The van der Waals surface area contributed by atoms with Crippen LogP contribution in [0.1, 0.15) is 15.9 Å². The van der Waals surface area contributed by atoms with Crippen LogP contribution in [0.3, 0.4) is 0 Å². The van der Waals surface area contributed by atoms with Crippen molar-refractivity contribution in [3.05, 3.63) is 58.6 Å². The highest BCUT2D eigenvalue weighted by Crippen LogP contribution is 2.24. The van der Waals surface area contributed by atoms with E-state index >= 15 is 0 Å². The molecule has 0 radical (unpaired) electrons. The molecule has 0 saturated heterocycles. The van der Waals surface area contributed by atoms with Gasteiger partial charge in [-0.2, -0.15) is 0 Å². The van der Waals surface area contributed by atoms with Gasteiger partial charge in [0.05, 0.1) is 7.11 Å². The molecule has 1 amide bonds. The Balaban J connectivity index is 2.22. The smallest absolute Gasteiger partial charge is 0.251 e. The fraction of sp³-hybridized carbons (Fsp3) is 0.188. The van der Waals surface area contributed by atoms with Crippen molar-refractivity contribution in [1.82, 2.24) is 10.0 Å². The molecule has 0 atom stereocenters. The van der Waals surface area contributed by atoms with Gasteiger partial charge in [0.25, 0.3) is 5.91 Å². The summed E-state index contributed by atoms with van der Waals surface area (Å²) in [5.41, 5.74) is 1.05. The zero-order valence-corrected chi connectivity index (χ0v) is 14.7. The van der Waals surface area contributed by atoms with E-state index in [1.807, 2.05) is 6.07 Å². The van der Waals surface area contributed by atoms with Crippen LogP contribution < -0.4 is 14.8 Å². The first-order valence-electron chi connectivity index (χ1n) is 7.01. The molecule has 2 N–H and O–H groups in total. The first kappa shape index (κ1) is 18.3. The lowest BCUT2D eigenvalue weighted by atomic mass is 10.2. The molecule has 2 rings (SSSR count). The minimum atomic E-state index is -3.74. The van der Waals surface area contributed by atoms with Gasteiger partial charge in [0.1, 0.15) is 10.6 Å². The number of hydrogen-bond acceptors (Lipinski definition) is 4. The first-order chi connectivity index (χ1) is 11.4. The quantitative estimate of drug-likeness (QED) is 0.818. The largest absolute Gasteiger partial charge is 0.495 e. The molecule has 0 spiro atoms. The van der Waals surface area contributed by atoms with Crippen molar-refractivity contribution in [2.75, 3.05) is 14.2 Å². The zero-order valence-electron chi connectivity index (χ0n) is 13.2. The second-order valence-corrected chi connectivity index (χ2v) is 7.18. The molecule has 0 heterocycles. The van der Waals surface area contributed by atoms with E-state index in [9.17, 15) is 13.2 Å². The van der Waals surface area contributed by atoms with Crippen molar-refractivity contribution >= 4 is 27.5 Å². The summed E-state index contributed by atoms with van der Waals surface area (Å²) in [6, 6.07) is 11.3. The molecule has 0 aromatic heterocycles. The lowest BCUT2D eigenvalue weighted by molar-refractivity contribution is 0.0950. The molecular formula is C16H17ClN2O4S. The van der Waals surface area contributed by atoms with E-state index < -0.39 is 15.9 Å². The summed E-state index contributed by atoms with van der Waals surface area (Å²) in [5, 5.41) is 3.30. The SMILES string of the molecule is CNS(=O)(=O)c1cc(C(=O)NCc2cccc(Cl)c2)ccc1OC. The minimum Gasteiger partial charge on any atom is -0.495 e. The Morgan fingerprint density at radius 1 is 1.21 bits per heavy atom. The van der Waals surface area contributed by atoms with E-state index in [1.165, 1.54) is 32.4 Å². The summed E-state index contributed by atoms with van der Waals surface area (Å²) in [7, 11) is -1.09. The Hall–Kier alpha value is -2.09. The van der Waals surface area contributed by atoms with Gasteiger partial charge in [-0.15, -0.1) is 0 Å². The van der Waals surface area contributed by atoms with Gasteiger partial charge in [-0.25, -0.2) is 13.1 Å². The number of benzene rings is 2. The summed E-state index contributed by atoms with van der Waals surface area (Å²) < 4.78 is 31.3. The molecule has 0 aliphatic heterocycles. The molecule has 0 unspecified atom stereocenters. The van der Waals surface area contributed by atoms with Crippen molar-refractivity contribution in [2.24, 2.45) is 0 Å². The van der Waals surface area contributed by atoms with Gasteiger partial charge in [0.2, 0.25) is 10.0 Å². The van der Waals surface area contributed by atoms with Crippen LogP contribution in [0, 0.1) is 0 Å². The Morgan fingerprint density at radius 2 is 1.96 bits per heavy atom. The molecule has 0 saturated carbocycles. The third-order valence-corrected chi connectivity index (χ3v) is 5.00. The zero-order chi connectivity index (χ0) is 17.7. The van der Waals surface area contributed by atoms with E-state index in [0.29, 0.717) is 5.02 Å². The van der Waals surface area contributed by atoms with E-state index in [1.54, 1.807) is 18.2 Å². The number of rotatable bonds is 6. The number of halogens is 1. The molecule has 24 heavy (non-hydrogen) atoms. The van der Waals surface area contributed by atoms with Gasteiger partial charge < -0.3 is 10.1 Å². The van der Waals surface area contributed by atoms with Crippen molar-refractivity contribution in [1.29, 1.82) is 0 Å². The Labute approximate surface area is 145 Å². The summed E-state index contributed by atoms with van der Waals surface area (Å²) in [6.45, 7) is 0.277. The summed E-state index contributed by atoms with van der Waals surface area (Å²) >= 11 is 5.90. The highest BCUT2D eigenvalue weighted by atomic mass is 35.5. The van der Waals surface area contributed by atoms with Crippen molar-refractivity contribution < 1.29 is 17.9 Å². The van der Waals surface area contributed by atoms with Crippen LogP contribution in [-0.4, -0.2) is 28.5 Å². The maximum atomic E-state index is 12.3. The van der Waals surface area contributed by atoms with Gasteiger partial charge in [0.15, 0.2) is 0 Å². The van der Waals surface area contributed by atoms with Crippen molar-refractivity contribution in [3.8, 4) is 5.75 Å². The lowest BCUT2D eigenvalue weighted by Crippen LogP contribution is -2.24. The summed E-state index contributed by atoms with van der Waals surface area (Å²) in [5.74, 6) is -0.235. The molecule has 0 fully saturated rings. The minimum absolute atomic E-state index is 0.0945. The predicted molar refractivity (Wildman–Crippen MR) is 91.9 cm³/mol. The van der Waals surface area contributed by atoms with Crippen LogP contribution in [0.4, 0.5) is 0 Å². The van der Waals surface area contributed by atoms with Crippen molar-refractivity contribution in [3.63, 3.8) is 0 Å². The predicted octanol–water partition coefficient (Wildman–Crippen LogP) is 2.19. The average Bonchev–Trinajstić information content (AvgIpc) is 2.59. The molecular weight excluding hydrogens is 352 g/mol. The van der Waals surface area contributed by atoms with E-state index in [4.69, 9.17) is 16.3 Å². The second kappa shape index (κ2) is 7.65. The lowest BCUT2D eigenvalue weighted by Gasteiger charge is -2.11. The topological polar surface area (TPSA) is 84.5 Å². The number of carbonyl (C=O) groups is 1. The maximum absolute atomic E-state index is 12.3. The Bertz CT molecular complexity index is 853. The number of carbonyl (C=O) groups excluding carboxylic acids is 1. The fourth-order valence-corrected chi connectivity index (χ4v) is 3.20. The maximum Gasteiger partial charge on any atom is 0.251 e.